The Hall–Kier alpha value is -2.94. The fraction of sp³-hybridized carbons (Fsp3) is 0.0909. The molecule has 4 rings (SSSR count). The van der Waals surface area contributed by atoms with Gasteiger partial charge in [0, 0.05) is 7.05 Å². The molecule has 0 amide bonds. The van der Waals surface area contributed by atoms with E-state index >= 15 is 0 Å². The van der Waals surface area contributed by atoms with E-state index in [1.165, 1.54) is 36.6 Å². The van der Waals surface area contributed by atoms with Gasteiger partial charge in [0.15, 0.2) is 0 Å². The van der Waals surface area contributed by atoms with Crippen molar-refractivity contribution < 1.29 is 17.9 Å². The van der Waals surface area contributed by atoms with Crippen LogP contribution in [0, 0.1) is 0 Å². The Morgan fingerprint density at radius 2 is 1.77 bits per heavy atom. The van der Waals surface area contributed by atoms with Crippen molar-refractivity contribution >= 4 is 54.8 Å². The van der Waals surface area contributed by atoms with Crippen molar-refractivity contribution in [3.8, 4) is 0 Å². The minimum atomic E-state index is -3.89. The number of carbonyl (C=O) groups is 1. The van der Waals surface area contributed by atoms with E-state index < -0.39 is 16.0 Å². The van der Waals surface area contributed by atoms with Crippen molar-refractivity contribution in [3.63, 3.8) is 0 Å². The molecule has 1 aromatic heterocycles. The first kappa shape index (κ1) is 21.3. The molecule has 0 atom stereocenters. The summed E-state index contributed by atoms with van der Waals surface area (Å²) in [6.07, 6.45) is 0. The van der Waals surface area contributed by atoms with Crippen LogP contribution < -0.4 is 4.31 Å². The topological polar surface area (TPSA) is 76.6 Å². The van der Waals surface area contributed by atoms with Gasteiger partial charge in [-0.2, -0.15) is 0 Å². The molecule has 0 radical (unpaired) electrons. The molecule has 3 aromatic carbocycles. The van der Waals surface area contributed by atoms with Gasteiger partial charge in [-0.05, 0) is 42.5 Å². The molecule has 0 spiro atoms. The highest BCUT2D eigenvalue weighted by Gasteiger charge is 2.24. The maximum Gasteiger partial charge on any atom is 0.340 e. The van der Waals surface area contributed by atoms with E-state index in [0.29, 0.717) is 10.7 Å². The number of halogens is 1. The minimum absolute atomic E-state index is 0.0229. The highest BCUT2D eigenvalue weighted by molar-refractivity contribution is 7.92. The van der Waals surface area contributed by atoms with Gasteiger partial charge in [-0.3, -0.25) is 4.31 Å². The van der Waals surface area contributed by atoms with Crippen molar-refractivity contribution in [2.75, 3.05) is 11.4 Å². The van der Waals surface area contributed by atoms with Crippen molar-refractivity contribution in [3.05, 3.63) is 88.4 Å². The molecule has 6 nitrogen and oxygen atoms in total. The summed E-state index contributed by atoms with van der Waals surface area (Å²) in [7, 11) is -2.44. The minimum Gasteiger partial charge on any atom is -0.455 e. The van der Waals surface area contributed by atoms with Crippen LogP contribution in [0.3, 0.4) is 0 Å². The summed E-state index contributed by atoms with van der Waals surface area (Å²) in [4.78, 5) is 17.0. The number of sulfonamides is 1. The van der Waals surface area contributed by atoms with Gasteiger partial charge in [-0.25, -0.2) is 18.2 Å². The molecular weight excluding hydrogens is 456 g/mol. The Balaban J connectivity index is 1.56. The first-order valence-electron chi connectivity index (χ1n) is 9.21. The van der Waals surface area contributed by atoms with E-state index in [1.54, 1.807) is 30.3 Å². The lowest BCUT2D eigenvalue weighted by atomic mass is 10.2. The number of nitrogens with zero attached hydrogens (tertiary/aromatic N) is 2. The summed E-state index contributed by atoms with van der Waals surface area (Å²) in [5.41, 5.74) is 1.30. The van der Waals surface area contributed by atoms with Gasteiger partial charge in [0.25, 0.3) is 10.0 Å². The van der Waals surface area contributed by atoms with Crippen LogP contribution in [0.25, 0.3) is 10.2 Å². The third-order valence-electron chi connectivity index (χ3n) is 4.60. The molecule has 0 N–H and O–H groups in total. The number of ether oxygens (including phenoxy) is 1. The maximum atomic E-state index is 13.0. The second-order valence-electron chi connectivity index (χ2n) is 6.60. The van der Waals surface area contributed by atoms with Crippen LogP contribution in [0.15, 0.2) is 77.7 Å². The molecule has 31 heavy (non-hydrogen) atoms. The van der Waals surface area contributed by atoms with Crippen molar-refractivity contribution in [1.29, 1.82) is 0 Å². The number of hydrogen-bond acceptors (Lipinski definition) is 6. The number of thiazole rings is 1. The van der Waals surface area contributed by atoms with Crippen LogP contribution in [-0.2, 0) is 21.4 Å². The first-order valence-corrected chi connectivity index (χ1v) is 11.8. The molecule has 0 aliphatic heterocycles. The lowest BCUT2D eigenvalue weighted by molar-refractivity contribution is 0.0472. The van der Waals surface area contributed by atoms with Crippen LogP contribution >= 0.6 is 22.9 Å². The zero-order valence-electron chi connectivity index (χ0n) is 16.4. The normalized spacial score (nSPS) is 11.4. The summed E-state index contributed by atoms with van der Waals surface area (Å²) in [5.74, 6) is -0.719. The van der Waals surface area contributed by atoms with E-state index in [9.17, 15) is 13.2 Å². The maximum absolute atomic E-state index is 13.0. The number of carbonyl (C=O) groups excluding carboxylic acids is 1. The van der Waals surface area contributed by atoms with E-state index in [1.807, 2.05) is 24.3 Å². The molecule has 9 heteroatoms. The number of esters is 1. The molecule has 0 aliphatic carbocycles. The van der Waals surface area contributed by atoms with E-state index in [4.69, 9.17) is 16.3 Å². The molecular formula is C22H17ClN2O4S2. The van der Waals surface area contributed by atoms with E-state index in [2.05, 4.69) is 4.98 Å². The quantitative estimate of drug-likeness (QED) is 0.363. The number of rotatable bonds is 6. The highest BCUT2D eigenvalue weighted by atomic mass is 35.5. The number of hydrogen-bond donors (Lipinski definition) is 0. The summed E-state index contributed by atoms with van der Waals surface area (Å²) < 4.78 is 33.5. The number of benzene rings is 3. The number of fused-ring (bicyclic) bond motifs is 1. The van der Waals surface area contributed by atoms with Crippen LogP contribution in [0.4, 0.5) is 5.69 Å². The Morgan fingerprint density at radius 1 is 1.06 bits per heavy atom. The predicted molar refractivity (Wildman–Crippen MR) is 122 cm³/mol. The van der Waals surface area contributed by atoms with Gasteiger partial charge in [-0.15, -0.1) is 11.3 Å². The Bertz CT molecular complexity index is 1320. The van der Waals surface area contributed by atoms with Gasteiger partial charge in [-0.1, -0.05) is 41.9 Å². The third-order valence-corrected chi connectivity index (χ3v) is 7.72. The van der Waals surface area contributed by atoms with Crippen molar-refractivity contribution in [2.45, 2.75) is 11.5 Å². The smallest absolute Gasteiger partial charge is 0.340 e. The van der Waals surface area contributed by atoms with Crippen molar-refractivity contribution in [1.82, 2.24) is 4.98 Å². The molecule has 0 unspecified atom stereocenters. The number of anilines is 1. The lowest BCUT2D eigenvalue weighted by Crippen LogP contribution is -2.26. The standard InChI is InChI=1S/C22H17ClN2O4S2/c1-25(15-7-3-2-4-8-15)31(27,28)16-11-12-18(23)17(13-16)22(26)29-14-21-24-19-9-5-6-10-20(19)30-21/h2-13H,14H2,1H3. The summed E-state index contributed by atoms with van der Waals surface area (Å²) >= 11 is 7.59. The Labute approximate surface area is 188 Å². The number of para-hydroxylation sites is 2. The number of aromatic nitrogens is 1. The summed E-state index contributed by atoms with van der Waals surface area (Å²) in [5, 5.41) is 0.744. The highest BCUT2D eigenvalue weighted by Crippen LogP contribution is 2.27. The van der Waals surface area contributed by atoms with Crippen molar-refractivity contribution in [2.24, 2.45) is 0 Å². The Morgan fingerprint density at radius 3 is 2.52 bits per heavy atom. The van der Waals surface area contributed by atoms with Crippen LogP contribution in [0.2, 0.25) is 5.02 Å². The fourth-order valence-corrected chi connectivity index (χ4v) is 5.24. The zero-order valence-corrected chi connectivity index (χ0v) is 18.7. The van der Waals surface area contributed by atoms with E-state index in [0.717, 1.165) is 14.5 Å². The van der Waals surface area contributed by atoms with Gasteiger partial charge >= 0.3 is 5.97 Å². The fourth-order valence-electron chi connectivity index (χ4n) is 2.94. The monoisotopic (exact) mass is 472 g/mol. The van der Waals surface area contributed by atoms with Gasteiger partial charge in [0.2, 0.25) is 0 Å². The van der Waals surface area contributed by atoms with Crippen LogP contribution in [0.1, 0.15) is 15.4 Å². The molecule has 4 aromatic rings. The van der Waals surface area contributed by atoms with Crippen LogP contribution in [-0.4, -0.2) is 26.4 Å². The Kier molecular flexibility index (Phi) is 5.95. The average molecular weight is 473 g/mol. The molecule has 158 valence electrons. The molecule has 0 saturated heterocycles. The molecule has 0 saturated carbocycles. The van der Waals surface area contributed by atoms with Gasteiger partial charge in [0.05, 0.1) is 31.4 Å². The first-order chi connectivity index (χ1) is 14.9. The SMILES string of the molecule is CN(c1ccccc1)S(=O)(=O)c1ccc(Cl)c(C(=O)OCc2nc3ccccc3s2)c1. The third kappa shape index (κ3) is 4.41. The molecule has 0 fully saturated rings. The van der Waals surface area contributed by atoms with Gasteiger partial charge < -0.3 is 4.74 Å². The van der Waals surface area contributed by atoms with Crippen LogP contribution in [0.5, 0.6) is 0 Å². The zero-order chi connectivity index (χ0) is 22.0. The summed E-state index contributed by atoms with van der Waals surface area (Å²) in [6, 6.07) is 20.2. The lowest BCUT2D eigenvalue weighted by Gasteiger charge is -2.20. The molecule has 0 bridgehead atoms. The second-order valence-corrected chi connectivity index (χ2v) is 10.1. The van der Waals surface area contributed by atoms with Gasteiger partial charge in [0.1, 0.15) is 11.6 Å². The average Bonchev–Trinajstić information content (AvgIpc) is 3.20. The predicted octanol–water partition coefficient (Wildman–Crippen LogP) is 5.13. The second kappa shape index (κ2) is 8.66. The van der Waals surface area contributed by atoms with E-state index in [-0.39, 0.29) is 22.1 Å². The summed E-state index contributed by atoms with van der Waals surface area (Å²) in [6.45, 7) is -0.0323. The molecule has 0 aliphatic rings. The largest absolute Gasteiger partial charge is 0.455 e. The molecule has 1 heterocycles.